The third-order valence-corrected chi connectivity index (χ3v) is 1.94. The van der Waals surface area contributed by atoms with Crippen molar-refractivity contribution in [3.05, 3.63) is 29.3 Å². The summed E-state index contributed by atoms with van der Waals surface area (Å²) < 4.78 is 0. The summed E-state index contributed by atoms with van der Waals surface area (Å²) in [6, 6.07) is 5.37. The molecule has 3 N–H and O–H groups in total. The number of rotatable bonds is 3. The van der Waals surface area contributed by atoms with Crippen molar-refractivity contribution in [2.24, 2.45) is 0 Å². The quantitative estimate of drug-likeness (QED) is 0.536. The van der Waals surface area contributed by atoms with E-state index in [0.29, 0.717) is 17.8 Å². The Labute approximate surface area is 77.9 Å². The van der Waals surface area contributed by atoms with Crippen LogP contribution in [0.4, 0.5) is 5.69 Å². The molecule has 0 unspecified atom stereocenters. The minimum absolute atomic E-state index is 0.0641. The van der Waals surface area contributed by atoms with E-state index in [1.807, 2.05) is 13.0 Å². The summed E-state index contributed by atoms with van der Waals surface area (Å²) in [5, 5.41) is 2.81. The zero-order valence-electron chi connectivity index (χ0n) is 7.92. The fourth-order valence-electron chi connectivity index (χ4n) is 1.08. The summed E-state index contributed by atoms with van der Waals surface area (Å²) in [5.74, 6) is 0.0641. The summed E-state index contributed by atoms with van der Waals surface area (Å²) in [6.07, 6.45) is 0. The average molecular weight is 178 g/mol. The molecular weight excluding hydrogens is 164 g/mol. The molecule has 3 nitrogen and oxygen atoms in total. The third kappa shape index (κ3) is 2.29. The van der Waals surface area contributed by atoms with Gasteiger partial charge in [0.1, 0.15) is 0 Å². The first kappa shape index (κ1) is 9.74. The Hall–Kier alpha value is -1.35. The van der Waals surface area contributed by atoms with Gasteiger partial charge in [0.15, 0.2) is 5.78 Å². The lowest BCUT2D eigenvalue weighted by atomic mass is 10.1. The molecule has 0 spiro atoms. The number of Topliss-reactive ketones (excluding diaryl/α,β-unsaturated/α-hetero) is 1. The molecule has 1 aromatic rings. The Balaban J connectivity index is 2.90. The number of benzene rings is 1. The lowest BCUT2D eigenvalue weighted by Gasteiger charge is -2.03. The van der Waals surface area contributed by atoms with Gasteiger partial charge in [0, 0.05) is 11.3 Å². The van der Waals surface area contributed by atoms with Crippen molar-refractivity contribution in [3.8, 4) is 0 Å². The Kier molecular flexibility index (Phi) is 3.03. The van der Waals surface area contributed by atoms with Gasteiger partial charge >= 0.3 is 0 Å². The van der Waals surface area contributed by atoms with Crippen LogP contribution in [0.15, 0.2) is 18.2 Å². The number of carbonyl (C=O) groups is 1. The van der Waals surface area contributed by atoms with Crippen LogP contribution in [0, 0.1) is 6.92 Å². The highest BCUT2D eigenvalue weighted by Crippen LogP contribution is 2.12. The number of hydrogen-bond donors (Lipinski definition) is 2. The van der Waals surface area contributed by atoms with E-state index in [1.165, 1.54) is 0 Å². The van der Waals surface area contributed by atoms with Gasteiger partial charge in [0.2, 0.25) is 0 Å². The zero-order chi connectivity index (χ0) is 9.84. The summed E-state index contributed by atoms with van der Waals surface area (Å²) in [5.41, 5.74) is 8.02. The van der Waals surface area contributed by atoms with E-state index in [4.69, 9.17) is 5.73 Å². The van der Waals surface area contributed by atoms with Crippen LogP contribution in [0.2, 0.25) is 0 Å². The van der Waals surface area contributed by atoms with Crippen LogP contribution in [0.5, 0.6) is 0 Å². The Morgan fingerprint density at radius 2 is 2.23 bits per heavy atom. The molecule has 1 aromatic carbocycles. The minimum atomic E-state index is 0.0641. The monoisotopic (exact) mass is 178 g/mol. The molecule has 0 aliphatic carbocycles. The maximum absolute atomic E-state index is 11.4. The van der Waals surface area contributed by atoms with Gasteiger partial charge in [-0.05, 0) is 25.6 Å². The van der Waals surface area contributed by atoms with E-state index in [1.54, 1.807) is 19.2 Å². The number of nitrogens with one attached hydrogen (secondary N) is 1. The van der Waals surface area contributed by atoms with E-state index in [2.05, 4.69) is 5.32 Å². The number of carbonyl (C=O) groups excluding carboxylic acids is 1. The Morgan fingerprint density at radius 1 is 1.54 bits per heavy atom. The molecule has 1 rings (SSSR count). The maximum Gasteiger partial charge on any atom is 0.176 e. The summed E-state index contributed by atoms with van der Waals surface area (Å²) >= 11 is 0. The third-order valence-electron chi connectivity index (χ3n) is 1.94. The standard InChI is InChI=1S/C10H14N2O/c1-7-3-4-8(5-9(7)11)10(13)6-12-2/h3-5,12H,6,11H2,1-2H3. The number of ketones is 1. The number of anilines is 1. The van der Waals surface area contributed by atoms with Gasteiger partial charge < -0.3 is 11.1 Å². The van der Waals surface area contributed by atoms with E-state index < -0.39 is 0 Å². The van der Waals surface area contributed by atoms with Crippen molar-refractivity contribution >= 4 is 11.5 Å². The highest BCUT2D eigenvalue weighted by Gasteiger charge is 2.04. The first-order valence-electron chi connectivity index (χ1n) is 4.19. The highest BCUT2D eigenvalue weighted by atomic mass is 16.1. The zero-order valence-corrected chi connectivity index (χ0v) is 7.92. The van der Waals surface area contributed by atoms with Crippen molar-refractivity contribution in [2.45, 2.75) is 6.92 Å². The molecule has 0 aliphatic rings. The number of nitrogens with two attached hydrogens (primary N) is 1. The van der Waals surface area contributed by atoms with Crippen molar-refractivity contribution in [2.75, 3.05) is 19.3 Å². The number of hydrogen-bond acceptors (Lipinski definition) is 3. The van der Waals surface area contributed by atoms with Gasteiger partial charge in [0.05, 0.1) is 6.54 Å². The predicted octanol–water partition coefficient (Wildman–Crippen LogP) is 0.979. The molecular formula is C10H14N2O. The molecule has 13 heavy (non-hydrogen) atoms. The topological polar surface area (TPSA) is 55.1 Å². The molecule has 0 bridgehead atoms. The van der Waals surface area contributed by atoms with E-state index in [9.17, 15) is 4.79 Å². The lowest BCUT2D eigenvalue weighted by molar-refractivity contribution is 0.0993. The molecule has 0 saturated carbocycles. The van der Waals surface area contributed by atoms with Gasteiger partial charge in [-0.2, -0.15) is 0 Å². The first-order valence-corrected chi connectivity index (χ1v) is 4.19. The fourth-order valence-corrected chi connectivity index (χ4v) is 1.08. The van der Waals surface area contributed by atoms with Crippen LogP contribution >= 0.6 is 0 Å². The van der Waals surface area contributed by atoms with Crippen LogP contribution < -0.4 is 11.1 Å². The van der Waals surface area contributed by atoms with E-state index in [-0.39, 0.29) is 5.78 Å². The molecule has 0 atom stereocenters. The van der Waals surface area contributed by atoms with Crippen LogP contribution in [-0.2, 0) is 0 Å². The molecule has 0 fully saturated rings. The summed E-state index contributed by atoms with van der Waals surface area (Å²) in [7, 11) is 1.75. The molecule has 0 aromatic heterocycles. The normalized spacial score (nSPS) is 10.0. The molecule has 0 radical (unpaired) electrons. The van der Waals surface area contributed by atoms with Crippen LogP contribution in [0.25, 0.3) is 0 Å². The van der Waals surface area contributed by atoms with Gasteiger partial charge in [-0.3, -0.25) is 4.79 Å². The Morgan fingerprint density at radius 3 is 2.77 bits per heavy atom. The largest absolute Gasteiger partial charge is 0.398 e. The van der Waals surface area contributed by atoms with Crippen molar-refractivity contribution < 1.29 is 4.79 Å². The smallest absolute Gasteiger partial charge is 0.176 e. The van der Waals surface area contributed by atoms with Crippen molar-refractivity contribution in [3.63, 3.8) is 0 Å². The number of likely N-dealkylation sites (N-methyl/N-ethyl adjacent to an activating group) is 1. The second-order valence-electron chi connectivity index (χ2n) is 3.02. The van der Waals surface area contributed by atoms with Gasteiger partial charge in [-0.25, -0.2) is 0 Å². The first-order chi connectivity index (χ1) is 6.15. The van der Waals surface area contributed by atoms with Gasteiger partial charge in [0.25, 0.3) is 0 Å². The predicted molar refractivity (Wildman–Crippen MR) is 53.8 cm³/mol. The van der Waals surface area contributed by atoms with Crippen LogP contribution in [0.1, 0.15) is 15.9 Å². The molecule has 0 saturated heterocycles. The van der Waals surface area contributed by atoms with Gasteiger partial charge in [-0.1, -0.05) is 12.1 Å². The van der Waals surface area contributed by atoms with E-state index in [0.717, 1.165) is 5.56 Å². The van der Waals surface area contributed by atoms with Crippen molar-refractivity contribution in [1.29, 1.82) is 0 Å². The van der Waals surface area contributed by atoms with Gasteiger partial charge in [-0.15, -0.1) is 0 Å². The molecule has 3 heteroatoms. The average Bonchev–Trinajstić information content (AvgIpc) is 2.10. The van der Waals surface area contributed by atoms with Crippen LogP contribution in [-0.4, -0.2) is 19.4 Å². The van der Waals surface area contributed by atoms with Crippen molar-refractivity contribution in [1.82, 2.24) is 5.32 Å². The highest BCUT2D eigenvalue weighted by molar-refractivity contribution is 5.98. The van der Waals surface area contributed by atoms with Crippen LogP contribution in [0.3, 0.4) is 0 Å². The lowest BCUT2D eigenvalue weighted by Crippen LogP contribution is -2.18. The summed E-state index contributed by atoms with van der Waals surface area (Å²) in [6.45, 7) is 2.27. The van der Waals surface area contributed by atoms with E-state index >= 15 is 0 Å². The molecule has 0 amide bonds. The maximum atomic E-state index is 11.4. The molecule has 70 valence electrons. The second kappa shape index (κ2) is 4.05. The Bertz CT molecular complexity index is 321. The number of nitrogen functional groups attached to an aromatic ring is 1. The summed E-state index contributed by atoms with van der Waals surface area (Å²) in [4.78, 5) is 11.4. The minimum Gasteiger partial charge on any atom is -0.398 e. The molecule has 0 heterocycles. The second-order valence-corrected chi connectivity index (χ2v) is 3.02. The fraction of sp³-hybridized carbons (Fsp3) is 0.300. The number of aryl methyl sites for hydroxylation is 1. The SMILES string of the molecule is CNCC(=O)c1ccc(C)c(N)c1. The molecule has 0 aliphatic heterocycles.